The second-order valence-corrected chi connectivity index (χ2v) is 8.44. The first-order chi connectivity index (χ1) is 16.5. The number of carbonyl (C=O) groups excluding carboxylic acids is 1. The van der Waals surface area contributed by atoms with E-state index in [1.165, 1.54) is 0 Å². The van der Waals surface area contributed by atoms with Crippen molar-refractivity contribution < 1.29 is 19.0 Å². The highest BCUT2D eigenvalue weighted by molar-refractivity contribution is 9.10. The van der Waals surface area contributed by atoms with E-state index in [9.17, 15) is 4.79 Å². The number of anilines is 1. The van der Waals surface area contributed by atoms with Crippen molar-refractivity contribution in [2.45, 2.75) is 26.8 Å². The van der Waals surface area contributed by atoms with Crippen LogP contribution < -0.4 is 24.8 Å². The van der Waals surface area contributed by atoms with Crippen molar-refractivity contribution in [3.05, 3.63) is 76.4 Å². The minimum Gasteiger partial charge on any atom is -0.490 e. The molecule has 1 amide bonds. The molecule has 180 valence electrons. The molecule has 2 aromatic carbocycles. The maximum Gasteiger partial charge on any atom is 0.262 e. The van der Waals surface area contributed by atoms with Gasteiger partial charge in [0.1, 0.15) is 0 Å². The Bertz CT molecular complexity index is 1050. The van der Waals surface area contributed by atoms with Gasteiger partial charge in [0.15, 0.2) is 18.1 Å². The van der Waals surface area contributed by atoms with Crippen molar-refractivity contribution >= 4 is 27.5 Å². The van der Waals surface area contributed by atoms with Crippen LogP contribution in [-0.2, 0) is 11.3 Å². The first-order valence-corrected chi connectivity index (χ1v) is 12.0. The van der Waals surface area contributed by atoms with E-state index >= 15 is 0 Å². The number of halogens is 1. The Morgan fingerprint density at radius 2 is 1.88 bits per heavy atom. The summed E-state index contributed by atoms with van der Waals surface area (Å²) in [5.41, 5.74) is 2.90. The minimum atomic E-state index is -0.239. The van der Waals surface area contributed by atoms with Gasteiger partial charge in [0.05, 0.1) is 17.7 Å². The zero-order valence-electron chi connectivity index (χ0n) is 19.5. The van der Waals surface area contributed by atoms with Crippen LogP contribution in [0.3, 0.4) is 0 Å². The number of pyridine rings is 1. The summed E-state index contributed by atoms with van der Waals surface area (Å²) in [5, 5.41) is 6.24. The number of aromatic nitrogens is 1. The lowest BCUT2D eigenvalue weighted by atomic mass is 10.2. The highest BCUT2D eigenvalue weighted by atomic mass is 79.9. The largest absolute Gasteiger partial charge is 0.490 e. The Morgan fingerprint density at radius 3 is 2.62 bits per heavy atom. The molecule has 3 aromatic rings. The molecular weight excluding hydrogens is 498 g/mol. The van der Waals surface area contributed by atoms with E-state index in [2.05, 4.69) is 31.5 Å². The van der Waals surface area contributed by atoms with Gasteiger partial charge >= 0.3 is 0 Å². The van der Waals surface area contributed by atoms with Crippen LogP contribution >= 0.6 is 15.9 Å². The highest BCUT2D eigenvalue weighted by Crippen LogP contribution is 2.37. The van der Waals surface area contributed by atoms with Gasteiger partial charge in [-0.1, -0.05) is 23.8 Å². The van der Waals surface area contributed by atoms with E-state index in [1.807, 2.05) is 68.4 Å². The Morgan fingerprint density at radius 1 is 1.06 bits per heavy atom. The molecule has 1 aromatic heterocycles. The molecule has 0 spiro atoms. The van der Waals surface area contributed by atoms with E-state index in [-0.39, 0.29) is 12.5 Å². The standard InChI is InChI=1S/C26H30BrN3O4/c1-3-32-23-16-20(17-28-12-6-14-33-25-7-4-5-13-29-25)15-22(27)26(23)34-18-24(31)30-21-10-8-19(2)9-11-21/h4-5,7-11,13,15-16,28H,3,6,12,14,17-18H2,1-2H3,(H,30,31). The predicted molar refractivity (Wildman–Crippen MR) is 137 cm³/mol. The maximum atomic E-state index is 12.3. The van der Waals surface area contributed by atoms with E-state index < -0.39 is 0 Å². The molecule has 0 aliphatic heterocycles. The summed E-state index contributed by atoms with van der Waals surface area (Å²) in [4.78, 5) is 16.5. The van der Waals surface area contributed by atoms with Crippen LogP contribution in [-0.4, -0.2) is 37.3 Å². The second-order valence-electron chi connectivity index (χ2n) is 7.59. The number of ether oxygens (including phenoxy) is 3. The Labute approximate surface area is 209 Å². The molecule has 0 saturated heterocycles. The van der Waals surface area contributed by atoms with Crippen LogP contribution in [0.5, 0.6) is 17.4 Å². The molecule has 8 heteroatoms. The first kappa shape index (κ1) is 25.5. The average Bonchev–Trinajstić information content (AvgIpc) is 2.83. The molecule has 0 atom stereocenters. The SMILES string of the molecule is CCOc1cc(CNCCCOc2ccccn2)cc(Br)c1OCC(=O)Nc1ccc(C)cc1. The summed E-state index contributed by atoms with van der Waals surface area (Å²) >= 11 is 3.56. The third-order valence-electron chi connectivity index (χ3n) is 4.77. The summed E-state index contributed by atoms with van der Waals surface area (Å²) in [5.74, 6) is 1.50. The second kappa shape index (κ2) is 13.6. The topological polar surface area (TPSA) is 81.7 Å². The Kier molecular flexibility index (Phi) is 10.2. The van der Waals surface area contributed by atoms with Crippen LogP contribution in [0.4, 0.5) is 5.69 Å². The number of nitrogens with one attached hydrogen (secondary N) is 2. The molecule has 3 rings (SSSR count). The quantitative estimate of drug-likeness (QED) is 0.300. The number of carbonyl (C=O) groups is 1. The Hall–Kier alpha value is -3.10. The number of hydrogen-bond donors (Lipinski definition) is 2. The third kappa shape index (κ3) is 8.35. The van der Waals surface area contributed by atoms with Gasteiger partial charge in [-0.2, -0.15) is 0 Å². The van der Waals surface area contributed by atoms with Gasteiger partial charge in [-0.05, 0) is 78.6 Å². The van der Waals surface area contributed by atoms with Crippen LogP contribution in [0.2, 0.25) is 0 Å². The van der Waals surface area contributed by atoms with Gasteiger partial charge in [0.25, 0.3) is 5.91 Å². The van der Waals surface area contributed by atoms with Gasteiger partial charge in [-0.15, -0.1) is 0 Å². The van der Waals surface area contributed by atoms with Gasteiger partial charge in [-0.3, -0.25) is 4.79 Å². The van der Waals surface area contributed by atoms with Crippen LogP contribution in [0.25, 0.3) is 0 Å². The molecule has 0 radical (unpaired) electrons. The fraction of sp³-hybridized carbons (Fsp3) is 0.308. The monoisotopic (exact) mass is 527 g/mol. The molecule has 0 saturated carbocycles. The summed E-state index contributed by atoms with van der Waals surface area (Å²) < 4.78 is 17.9. The van der Waals surface area contributed by atoms with Gasteiger partial charge in [-0.25, -0.2) is 4.98 Å². The number of amides is 1. The van der Waals surface area contributed by atoms with E-state index in [4.69, 9.17) is 14.2 Å². The smallest absolute Gasteiger partial charge is 0.262 e. The molecule has 1 heterocycles. The van der Waals surface area contributed by atoms with Crippen LogP contribution in [0.15, 0.2) is 65.3 Å². The molecule has 0 bridgehead atoms. The van der Waals surface area contributed by atoms with Crippen molar-refractivity contribution in [1.29, 1.82) is 0 Å². The summed E-state index contributed by atoms with van der Waals surface area (Å²) in [6.07, 6.45) is 2.57. The Balaban J connectivity index is 1.48. The minimum absolute atomic E-state index is 0.125. The first-order valence-electron chi connectivity index (χ1n) is 11.2. The molecule has 34 heavy (non-hydrogen) atoms. The summed E-state index contributed by atoms with van der Waals surface area (Å²) in [6.45, 7) is 6.32. The number of nitrogens with zero attached hydrogens (tertiary/aromatic N) is 1. The summed E-state index contributed by atoms with van der Waals surface area (Å²) in [7, 11) is 0. The zero-order chi connectivity index (χ0) is 24.2. The fourth-order valence-electron chi connectivity index (χ4n) is 3.14. The number of aryl methyl sites for hydroxylation is 1. The molecule has 2 N–H and O–H groups in total. The van der Waals surface area contributed by atoms with Gasteiger partial charge in [0.2, 0.25) is 5.88 Å². The van der Waals surface area contributed by atoms with Gasteiger partial charge < -0.3 is 24.8 Å². The predicted octanol–water partition coefficient (Wildman–Crippen LogP) is 5.13. The molecule has 0 fully saturated rings. The molecule has 0 unspecified atom stereocenters. The van der Waals surface area contributed by atoms with Crippen LogP contribution in [0, 0.1) is 6.92 Å². The molecule has 7 nitrogen and oxygen atoms in total. The molecule has 0 aliphatic rings. The van der Waals surface area contributed by atoms with Crippen molar-refractivity contribution in [2.75, 3.05) is 31.7 Å². The van der Waals surface area contributed by atoms with E-state index in [0.29, 0.717) is 37.1 Å². The average molecular weight is 528 g/mol. The van der Waals surface area contributed by atoms with Crippen LogP contribution in [0.1, 0.15) is 24.5 Å². The zero-order valence-corrected chi connectivity index (χ0v) is 21.1. The fourth-order valence-corrected chi connectivity index (χ4v) is 3.74. The van der Waals surface area contributed by atoms with Crippen molar-refractivity contribution in [3.8, 4) is 17.4 Å². The maximum absolute atomic E-state index is 12.3. The van der Waals surface area contributed by atoms with E-state index in [1.54, 1.807) is 6.20 Å². The number of hydrogen-bond acceptors (Lipinski definition) is 6. The lowest BCUT2D eigenvalue weighted by molar-refractivity contribution is -0.118. The summed E-state index contributed by atoms with van der Waals surface area (Å²) in [6, 6.07) is 17.1. The normalized spacial score (nSPS) is 10.6. The number of benzene rings is 2. The number of rotatable bonds is 13. The lowest BCUT2D eigenvalue weighted by Crippen LogP contribution is -2.20. The lowest BCUT2D eigenvalue weighted by Gasteiger charge is -2.16. The molecule has 0 aliphatic carbocycles. The molecular formula is C26H30BrN3O4. The van der Waals surface area contributed by atoms with Crippen molar-refractivity contribution in [3.63, 3.8) is 0 Å². The van der Waals surface area contributed by atoms with Crippen molar-refractivity contribution in [2.24, 2.45) is 0 Å². The van der Waals surface area contributed by atoms with E-state index in [0.717, 1.165) is 34.3 Å². The highest BCUT2D eigenvalue weighted by Gasteiger charge is 2.14. The third-order valence-corrected chi connectivity index (χ3v) is 5.36. The van der Waals surface area contributed by atoms with Gasteiger partial charge in [0, 0.05) is 24.5 Å². The van der Waals surface area contributed by atoms with Crippen molar-refractivity contribution in [1.82, 2.24) is 10.3 Å².